The molecular formula is C15H22N2O. The number of hydrogen-bond acceptors (Lipinski definition) is 2. The fourth-order valence-corrected chi connectivity index (χ4v) is 2.56. The van der Waals surface area contributed by atoms with Crippen molar-refractivity contribution in [3.8, 4) is 0 Å². The number of carbonyl (C=O) groups is 1. The molecule has 18 heavy (non-hydrogen) atoms. The molecule has 0 aliphatic carbocycles. The summed E-state index contributed by atoms with van der Waals surface area (Å²) in [5.41, 5.74) is 2.14. The van der Waals surface area contributed by atoms with E-state index in [-0.39, 0.29) is 11.9 Å². The molecule has 1 aromatic rings. The van der Waals surface area contributed by atoms with Gasteiger partial charge in [-0.25, -0.2) is 0 Å². The minimum atomic E-state index is -0.0522. The molecule has 98 valence electrons. The molecule has 0 aromatic heterocycles. The van der Waals surface area contributed by atoms with E-state index in [0.717, 1.165) is 31.5 Å². The lowest BCUT2D eigenvalue weighted by atomic mass is 9.92. The highest BCUT2D eigenvalue weighted by Gasteiger charge is 2.27. The minimum absolute atomic E-state index is 0.0522. The van der Waals surface area contributed by atoms with Crippen LogP contribution in [-0.2, 0) is 11.2 Å². The van der Waals surface area contributed by atoms with Crippen LogP contribution in [0.5, 0.6) is 0 Å². The fourth-order valence-electron chi connectivity index (χ4n) is 2.56. The highest BCUT2D eigenvalue weighted by Crippen LogP contribution is 2.19. The number of nitrogens with one attached hydrogen (secondary N) is 2. The number of carbonyl (C=O) groups excluding carboxylic acids is 1. The molecule has 1 fully saturated rings. The van der Waals surface area contributed by atoms with E-state index in [1.54, 1.807) is 0 Å². The van der Waals surface area contributed by atoms with Crippen LogP contribution in [0.4, 0.5) is 5.69 Å². The molecule has 0 saturated carbocycles. The first-order chi connectivity index (χ1) is 8.72. The first kappa shape index (κ1) is 13.1. The lowest BCUT2D eigenvalue weighted by Crippen LogP contribution is -2.48. The third kappa shape index (κ3) is 2.91. The Kier molecular flexibility index (Phi) is 4.37. The van der Waals surface area contributed by atoms with Crippen molar-refractivity contribution in [3.05, 3.63) is 29.8 Å². The van der Waals surface area contributed by atoms with E-state index < -0.39 is 0 Å². The summed E-state index contributed by atoms with van der Waals surface area (Å²) in [5.74, 6) is 0.510. The summed E-state index contributed by atoms with van der Waals surface area (Å²) in [7, 11) is 0. The van der Waals surface area contributed by atoms with Gasteiger partial charge in [0.25, 0.3) is 0 Å². The number of aryl methyl sites for hydroxylation is 1. The van der Waals surface area contributed by atoms with E-state index in [4.69, 9.17) is 0 Å². The average Bonchev–Trinajstić information content (AvgIpc) is 2.39. The van der Waals surface area contributed by atoms with Crippen LogP contribution in [0.3, 0.4) is 0 Å². The quantitative estimate of drug-likeness (QED) is 0.860. The lowest BCUT2D eigenvalue weighted by Gasteiger charge is -2.29. The highest BCUT2D eigenvalue weighted by molar-refractivity contribution is 5.95. The maximum absolute atomic E-state index is 12.3. The van der Waals surface area contributed by atoms with Gasteiger partial charge in [0.2, 0.25) is 5.91 Å². The molecule has 1 amide bonds. The summed E-state index contributed by atoms with van der Waals surface area (Å²) in [6, 6.07) is 7.96. The summed E-state index contributed by atoms with van der Waals surface area (Å²) in [6.45, 7) is 5.19. The van der Waals surface area contributed by atoms with Crippen LogP contribution in [0, 0.1) is 5.92 Å². The molecule has 2 unspecified atom stereocenters. The van der Waals surface area contributed by atoms with Crippen LogP contribution in [0.15, 0.2) is 24.3 Å². The number of para-hydroxylation sites is 1. The second-order valence-electron chi connectivity index (χ2n) is 5.05. The largest absolute Gasteiger partial charge is 0.324 e. The van der Waals surface area contributed by atoms with Crippen LogP contribution >= 0.6 is 0 Å². The Balaban J connectivity index is 2.06. The van der Waals surface area contributed by atoms with Gasteiger partial charge in [0, 0.05) is 5.69 Å². The van der Waals surface area contributed by atoms with Crippen LogP contribution in [0.25, 0.3) is 0 Å². The summed E-state index contributed by atoms with van der Waals surface area (Å²) < 4.78 is 0. The molecule has 1 saturated heterocycles. The number of amides is 1. The lowest BCUT2D eigenvalue weighted by molar-refractivity contribution is -0.119. The number of piperidine rings is 1. The standard InChI is InChI=1S/C15H22N2O/c1-3-12-8-4-5-9-13(12)17-15(18)14-11(2)7-6-10-16-14/h4-5,8-9,11,14,16H,3,6-7,10H2,1-2H3,(H,17,18). The SMILES string of the molecule is CCc1ccccc1NC(=O)C1NCCCC1C. The Bertz CT molecular complexity index is 417. The van der Waals surface area contributed by atoms with E-state index in [1.807, 2.05) is 18.2 Å². The summed E-state index contributed by atoms with van der Waals surface area (Å²) in [4.78, 5) is 12.3. The monoisotopic (exact) mass is 246 g/mol. The van der Waals surface area contributed by atoms with Crippen molar-refractivity contribution in [2.45, 2.75) is 39.2 Å². The van der Waals surface area contributed by atoms with E-state index in [2.05, 4.69) is 30.5 Å². The number of anilines is 1. The van der Waals surface area contributed by atoms with Crippen molar-refractivity contribution >= 4 is 11.6 Å². The molecule has 2 atom stereocenters. The van der Waals surface area contributed by atoms with E-state index in [0.29, 0.717) is 5.92 Å². The zero-order valence-electron chi connectivity index (χ0n) is 11.2. The fraction of sp³-hybridized carbons (Fsp3) is 0.533. The van der Waals surface area contributed by atoms with Gasteiger partial charge < -0.3 is 10.6 Å². The molecule has 1 heterocycles. The minimum Gasteiger partial charge on any atom is -0.324 e. The maximum atomic E-state index is 12.3. The van der Waals surface area contributed by atoms with Crippen LogP contribution in [0.2, 0.25) is 0 Å². The molecule has 2 rings (SSSR count). The van der Waals surface area contributed by atoms with Gasteiger partial charge in [-0.2, -0.15) is 0 Å². The Morgan fingerprint density at radius 3 is 2.94 bits per heavy atom. The Hall–Kier alpha value is -1.35. The Morgan fingerprint density at radius 2 is 2.22 bits per heavy atom. The van der Waals surface area contributed by atoms with Gasteiger partial charge in [0.05, 0.1) is 6.04 Å². The van der Waals surface area contributed by atoms with Crippen LogP contribution in [0.1, 0.15) is 32.3 Å². The molecule has 3 heteroatoms. The Morgan fingerprint density at radius 1 is 1.44 bits per heavy atom. The number of hydrogen-bond donors (Lipinski definition) is 2. The predicted octanol–water partition coefficient (Wildman–Crippen LogP) is 2.58. The van der Waals surface area contributed by atoms with Gasteiger partial charge in [0.1, 0.15) is 0 Å². The van der Waals surface area contributed by atoms with Gasteiger partial charge >= 0.3 is 0 Å². The van der Waals surface area contributed by atoms with Crippen molar-refractivity contribution in [2.24, 2.45) is 5.92 Å². The zero-order chi connectivity index (χ0) is 13.0. The second-order valence-corrected chi connectivity index (χ2v) is 5.05. The molecular weight excluding hydrogens is 224 g/mol. The molecule has 0 bridgehead atoms. The average molecular weight is 246 g/mol. The van der Waals surface area contributed by atoms with Crippen molar-refractivity contribution in [2.75, 3.05) is 11.9 Å². The van der Waals surface area contributed by atoms with Crippen LogP contribution in [-0.4, -0.2) is 18.5 Å². The molecule has 3 nitrogen and oxygen atoms in total. The first-order valence-corrected chi connectivity index (χ1v) is 6.84. The molecule has 0 spiro atoms. The molecule has 1 aliphatic rings. The Labute approximate surface area is 109 Å². The van der Waals surface area contributed by atoms with Gasteiger partial charge in [-0.1, -0.05) is 32.0 Å². The van der Waals surface area contributed by atoms with Gasteiger partial charge in [-0.3, -0.25) is 4.79 Å². The highest BCUT2D eigenvalue weighted by atomic mass is 16.2. The van der Waals surface area contributed by atoms with E-state index >= 15 is 0 Å². The predicted molar refractivity (Wildman–Crippen MR) is 74.6 cm³/mol. The van der Waals surface area contributed by atoms with Crippen LogP contribution < -0.4 is 10.6 Å². The maximum Gasteiger partial charge on any atom is 0.241 e. The molecule has 1 aliphatic heterocycles. The van der Waals surface area contributed by atoms with Crippen molar-refractivity contribution in [1.82, 2.24) is 5.32 Å². The molecule has 2 N–H and O–H groups in total. The normalized spacial score (nSPS) is 23.7. The third-order valence-electron chi connectivity index (χ3n) is 3.71. The zero-order valence-corrected chi connectivity index (χ0v) is 11.2. The number of rotatable bonds is 3. The van der Waals surface area contributed by atoms with Gasteiger partial charge in [0.15, 0.2) is 0 Å². The summed E-state index contributed by atoms with van der Waals surface area (Å²) in [6.07, 6.45) is 3.22. The molecule has 1 aromatic carbocycles. The van der Waals surface area contributed by atoms with Crippen molar-refractivity contribution in [3.63, 3.8) is 0 Å². The van der Waals surface area contributed by atoms with Gasteiger partial charge in [-0.05, 0) is 43.4 Å². The first-order valence-electron chi connectivity index (χ1n) is 6.84. The molecule has 0 radical (unpaired) electrons. The topological polar surface area (TPSA) is 41.1 Å². The number of benzene rings is 1. The summed E-state index contributed by atoms with van der Waals surface area (Å²) in [5, 5.41) is 6.37. The van der Waals surface area contributed by atoms with Crippen molar-refractivity contribution < 1.29 is 4.79 Å². The smallest absolute Gasteiger partial charge is 0.241 e. The second kappa shape index (κ2) is 6.01. The summed E-state index contributed by atoms with van der Waals surface area (Å²) >= 11 is 0. The van der Waals surface area contributed by atoms with Gasteiger partial charge in [-0.15, -0.1) is 0 Å². The van der Waals surface area contributed by atoms with Crippen molar-refractivity contribution in [1.29, 1.82) is 0 Å². The van der Waals surface area contributed by atoms with E-state index in [9.17, 15) is 4.79 Å². The third-order valence-corrected chi connectivity index (χ3v) is 3.71. The van der Waals surface area contributed by atoms with E-state index in [1.165, 1.54) is 5.56 Å².